The number of nitrogens with one attached hydrogen (secondary N) is 1. The van der Waals surface area contributed by atoms with Crippen molar-refractivity contribution >= 4 is 35.1 Å². The zero-order chi connectivity index (χ0) is 22.8. The lowest BCUT2D eigenvalue weighted by Crippen LogP contribution is -2.53. The number of imide groups is 1. The fraction of sp³-hybridized carbons (Fsp3) is 0.348. The van der Waals surface area contributed by atoms with Crippen LogP contribution in [0.2, 0.25) is 5.02 Å². The Labute approximate surface area is 189 Å². The molecule has 0 bridgehead atoms. The maximum atomic E-state index is 13.6. The predicted octanol–water partition coefficient (Wildman–Crippen LogP) is 2.71. The molecule has 0 spiro atoms. The Bertz CT molecular complexity index is 1170. The lowest BCUT2D eigenvalue weighted by atomic mass is 9.80. The number of benzene rings is 2. The number of aryl methyl sites for hydroxylation is 1. The first kappa shape index (κ1) is 20.8. The number of carbonyl (C=O) groups excluding carboxylic acids is 2. The van der Waals surface area contributed by atoms with E-state index in [2.05, 4.69) is 5.32 Å². The largest absolute Gasteiger partial charge is 0.486 e. The number of anilines is 1. The Morgan fingerprint density at radius 1 is 1.12 bits per heavy atom. The molecule has 5 rings (SSSR count). The van der Waals surface area contributed by atoms with Crippen molar-refractivity contribution in [2.75, 3.05) is 18.1 Å². The van der Waals surface area contributed by atoms with Crippen LogP contribution >= 0.6 is 11.6 Å². The van der Waals surface area contributed by atoms with Crippen LogP contribution in [0.3, 0.4) is 0 Å². The van der Waals surface area contributed by atoms with Gasteiger partial charge in [0.05, 0.1) is 17.5 Å². The minimum absolute atomic E-state index is 0.332. The lowest BCUT2D eigenvalue weighted by molar-refractivity contribution is -0.147. The Hall–Kier alpha value is -3.10. The molecular weight excluding hydrogens is 436 g/mol. The van der Waals surface area contributed by atoms with Gasteiger partial charge in [0.2, 0.25) is 11.8 Å². The second-order valence-corrected chi connectivity index (χ2v) is 8.89. The molecule has 4 unspecified atom stereocenters. The molecule has 0 saturated carbocycles. The first-order valence-electron chi connectivity index (χ1n) is 10.3. The Kier molecular flexibility index (Phi) is 4.69. The number of ether oxygens (including phenoxy) is 2. The number of carbonyl (C=O) groups is 3. The Morgan fingerprint density at radius 2 is 1.84 bits per heavy atom. The first-order chi connectivity index (χ1) is 15.2. The Morgan fingerprint density at radius 3 is 2.53 bits per heavy atom. The predicted molar refractivity (Wildman–Crippen MR) is 115 cm³/mol. The summed E-state index contributed by atoms with van der Waals surface area (Å²) in [6.45, 7) is 4.10. The molecule has 3 heterocycles. The normalized spacial score (nSPS) is 28.7. The molecule has 2 saturated heterocycles. The van der Waals surface area contributed by atoms with E-state index in [9.17, 15) is 19.5 Å². The SMILES string of the molecule is Cc1ccc(N2C(=O)C3C(c4ccc5c(c4)OCCO5)NC(C)(C(=O)O)C3C2=O)cc1Cl. The van der Waals surface area contributed by atoms with Gasteiger partial charge in [0, 0.05) is 11.1 Å². The van der Waals surface area contributed by atoms with Crippen molar-refractivity contribution in [3.63, 3.8) is 0 Å². The molecule has 2 aromatic rings. The molecule has 9 heteroatoms. The minimum atomic E-state index is -1.63. The van der Waals surface area contributed by atoms with E-state index in [1.807, 2.05) is 6.92 Å². The van der Waals surface area contributed by atoms with Gasteiger partial charge in [-0.2, -0.15) is 0 Å². The number of nitrogens with zero attached hydrogens (tertiary/aromatic N) is 1. The van der Waals surface area contributed by atoms with Gasteiger partial charge < -0.3 is 14.6 Å². The van der Waals surface area contributed by atoms with E-state index in [0.29, 0.717) is 41.0 Å². The van der Waals surface area contributed by atoms with Crippen molar-refractivity contribution in [1.29, 1.82) is 0 Å². The number of fused-ring (bicyclic) bond motifs is 2. The van der Waals surface area contributed by atoms with Crippen molar-refractivity contribution in [2.24, 2.45) is 11.8 Å². The molecule has 166 valence electrons. The highest BCUT2D eigenvalue weighted by molar-refractivity contribution is 6.32. The van der Waals surface area contributed by atoms with Gasteiger partial charge in [0.1, 0.15) is 18.8 Å². The van der Waals surface area contributed by atoms with Crippen LogP contribution in [0.25, 0.3) is 0 Å². The molecule has 3 aliphatic heterocycles. The molecule has 2 N–H and O–H groups in total. The van der Waals surface area contributed by atoms with Gasteiger partial charge in [-0.3, -0.25) is 19.7 Å². The third-order valence-electron chi connectivity index (χ3n) is 6.57. The molecule has 0 aliphatic carbocycles. The topological polar surface area (TPSA) is 105 Å². The molecular formula is C23H21ClN2O6. The van der Waals surface area contributed by atoms with Crippen LogP contribution in [0.1, 0.15) is 24.1 Å². The van der Waals surface area contributed by atoms with Crippen LogP contribution in [0.4, 0.5) is 5.69 Å². The van der Waals surface area contributed by atoms with Crippen LogP contribution in [0.15, 0.2) is 36.4 Å². The van der Waals surface area contributed by atoms with Crippen molar-refractivity contribution in [2.45, 2.75) is 25.4 Å². The van der Waals surface area contributed by atoms with Crippen molar-refractivity contribution in [1.82, 2.24) is 5.32 Å². The van der Waals surface area contributed by atoms with Crippen molar-refractivity contribution < 1.29 is 29.0 Å². The molecule has 2 fully saturated rings. The van der Waals surface area contributed by atoms with Crippen LogP contribution in [0.5, 0.6) is 11.5 Å². The number of rotatable bonds is 3. The second-order valence-electron chi connectivity index (χ2n) is 8.48. The highest BCUT2D eigenvalue weighted by atomic mass is 35.5. The zero-order valence-corrected chi connectivity index (χ0v) is 18.2. The Balaban J connectivity index is 1.59. The highest BCUT2D eigenvalue weighted by Gasteiger charge is 2.67. The van der Waals surface area contributed by atoms with Crippen LogP contribution in [0, 0.1) is 18.8 Å². The smallest absolute Gasteiger partial charge is 0.324 e. The van der Waals surface area contributed by atoms with E-state index >= 15 is 0 Å². The lowest BCUT2D eigenvalue weighted by Gasteiger charge is -2.28. The van der Waals surface area contributed by atoms with Crippen LogP contribution in [-0.4, -0.2) is 41.6 Å². The van der Waals surface area contributed by atoms with Gasteiger partial charge in [-0.15, -0.1) is 0 Å². The highest BCUT2D eigenvalue weighted by Crippen LogP contribution is 2.50. The molecule has 0 radical (unpaired) electrons. The molecule has 0 aromatic heterocycles. The average molecular weight is 457 g/mol. The van der Waals surface area contributed by atoms with E-state index in [1.54, 1.807) is 36.4 Å². The van der Waals surface area contributed by atoms with E-state index in [0.717, 1.165) is 10.5 Å². The summed E-state index contributed by atoms with van der Waals surface area (Å²) in [7, 11) is 0. The summed E-state index contributed by atoms with van der Waals surface area (Å²) in [6.07, 6.45) is 0. The zero-order valence-electron chi connectivity index (χ0n) is 17.4. The third kappa shape index (κ3) is 2.90. The quantitative estimate of drug-likeness (QED) is 0.684. The van der Waals surface area contributed by atoms with E-state index < -0.39 is 41.2 Å². The van der Waals surface area contributed by atoms with Gasteiger partial charge >= 0.3 is 5.97 Å². The number of amides is 2. The molecule has 4 atom stereocenters. The average Bonchev–Trinajstić information content (AvgIpc) is 3.23. The minimum Gasteiger partial charge on any atom is -0.486 e. The summed E-state index contributed by atoms with van der Waals surface area (Å²) in [5, 5.41) is 13.5. The first-order valence-corrected chi connectivity index (χ1v) is 10.6. The fourth-order valence-corrected chi connectivity index (χ4v) is 5.03. The van der Waals surface area contributed by atoms with E-state index in [4.69, 9.17) is 21.1 Å². The summed E-state index contributed by atoms with van der Waals surface area (Å²) in [4.78, 5) is 40.3. The second kappa shape index (κ2) is 7.21. The summed E-state index contributed by atoms with van der Waals surface area (Å²) in [5.41, 5.74) is 0.164. The van der Waals surface area contributed by atoms with Gasteiger partial charge in [-0.05, 0) is 49.2 Å². The van der Waals surface area contributed by atoms with E-state index in [-0.39, 0.29) is 0 Å². The number of aliphatic carboxylic acids is 1. The fourth-order valence-electron chi connectivity index (χ4n) is 4.85. The molecule has 2 amide bonds. The summed E-state index contributed by atoms with van der Waals surface area (Å²) in [6, 6.07) is 9.45. The number of halogens is 1. The van der Waals surface area contributed by atoms with E-state index in [1.165, 1.54) is 6.92 Å². The monoisotopic (exact) mass is 456 g/mol. The van der Waals surface area contributed by atoms with Crippen LogP contribution in [-0.2, 0) is 14.4 Å². The van der Waals surface area contributed by atoms with Gasteiger partial charge in [-0.1, -0.05) is 23.7 Å². The maximum Gasteiger partial charge on any atom is 0.324 e. The molecule has 2 aromatic carbocycles. The van der Waals surface area contributed by atoms with Gasteiger partial charge in [-0.25, -0.2) is 4.90 Å². The summed E-state index contributed by atoms with van der Waals surface area (Å²) < 4.78 is 11.2. The van der Waals surface area contributed by atoms with Gasteiger partial charge in [0.25, 0.3) is 0 Å². The summed E-state index contributed by atoms with van der Waals surface area (Å²) >= 11 is 6.23. The maximum absolute atomic E-state index is 13.6. The molecule has 32 heavy (non-hydrogen) atoms. The molecule has 8 nitrogen and oxygen atoms in total. The number of hydrogen-bond acceptors (Lipinski definition) is 6. The number of hydrogen-bond donors (Lipinski definition) is 2. The third-order valence-corrected chi connectivity index (χ3v) is 6.98. The van der Waals surface area contributed by atoms with Crippen molar-refractivity contribution in [3.05, 3.63) is 52.5 Å². The standard InChI is InChI=1S/C23H21ClN2O6/c1-11-3-5-13(10-14(11)24)26-20(27)17-18(21(26)28)23(2,22(29)30)25-19(17)12-4-6-15-16(9-12)32-8-7-31-15/h3-6,9-10,17-19,25H,7-8H2,1-2H3,(H,29,30). The van der Waals surface area contributed by atoms with Crippen LogP contribution < -0.4 is 19.7 Å². The molecule has 3 aliphatic rings. The van der Waals surface area contributed by atoms with Crippen molar-refractivity contribution in [3.8, 4) is 11.5 Å². The van der Waals surface area contributed by atoms with Gasteiger partial charge in [0.15, 0.2) is 11.5 Å². The number of carboxylic acids is 1. The number of carboxylic acid groups (broad SMARTS) is 1. The summed E-state index contributed by atoms with van der Waals surface area (Å²) in [5.74, 6) is -3.08.